The summed E-state index contributed by atoms with van der Waals surface area (Å²) >= 11 is 0. The summed E-state index contributed by atoms with van der Waals surface area (Å²) in [6.45, 7) is 5.20. The number of nitrogens with one attached hydrogen (secondary N) is 1. The fourth-order valence-corrected chi connectivity index (χ4v) is 2.00. The van der Waals surface area contributed by atoms with Crippen molar-refractivity contribution < 1.29 is 14.3 Å². The van der Waals surface area contributed by atoms with Gasteiger partial charge in [0.15, 0.2) is 0 Å². The topological polar surface area (TPSA) is 58.6 Å². The van der Waals surface area contributed by atoms with E-state index >= 15 is 0 Å². The standard InChI is InChI=1S/C12H22N2O3/c1-9(2)14-11(15)8-10(12(14)16)13-6-4-5-7-17-3/h9-10,13H,4-8H2,1-3H3. The minimum Gasteiger partial charge on any atom is -0.385 e. The predicted octanol–water partition coefficient (Wildman–Crippen LogP) is 0.539. The summed E-state index contributed by atoms with van der Waals surface area (Å²) < 4.78 is 4.94. The zero-order chi connectivity index (χ0) is 12.8. The van der Waals surface area contributed by atoms with Crippen LogP contribution < -0.4 is 5.32 Å². The van der Waals surface area contributed by atoms with Crippen molar-refractivity contribution in [3.05, 3.63) is 0 Å². The molecule has 0 aromatic rings. The molecule has 5 heteroatoms. The van der Waals surface area contributed by atoms with Gasteiger partial charge in [0.2, 0.25) is 11.8 Å². The normalized spacial score (nSPS) is 20.7. The van der Waals surface area contributed by atoms with Crippen molar-refractivity contribution >= 4 is 11.8 Å². The molecule has 0 aliphatic carbocycles. The molecule has 0 aromatic heterocycles. The van der Waals surface area contributed by atoms with Crippen LogP contribution >= 0.6 is 0 Å². The summed E-state index contributed by atoms with van der Waals surface area (Å²) in [6.07, 6.45) is 2.21. The molecule has 98 valence electrons. The molecular formula is C12H22N2O3. The number of methoxy groups -OCH3 is 1. The Labute approximate surface area is 102 Å². The Morgan fingerprint density at radius 1 is 1.41 bits per heavy atom. The van der Waals surface area contributed by atoms with Gasteiger partial charge >= 0.3 is 0 Å². The van der Waals surface area contributed by atoms with Crippen LogP contribution in [0.4, 0.5) is 0 Å². The van der Waals surface area contributed by atoms with Crippen LogP contribution in [-0.4, -0.2) is 49.1 Å². The number of hydrogen-bond acceptors (Lipinski definition) is 4. The van der Waals surface area contributed by atoms with Gasteiger partial charge in [0, 0.05) is 19.8 Å². The quantitative estimate of drug-likeness (QED) is 0.523. The van der Waals surface area contributed by atoms with Crippen molar-refractivity contribution in [1.29, 1.82) is 0 Å². The molecule has 1 aliphatic rings. The number of hydrogen-bond donors (Lipinski definition) is 1. The van der Waals surface area contributed by atoms with Gasteiger partial charge in [-0.25, -0.2) is 0 Å². The molecule has 0 aromatic carbocycles. The van der Waals surface area contributed by atoms with E-state index in [0.717, 1.165) is 26.0 Å². The smallest absolute Gasteiger partial charge is 0.247 e. The number of carbonyl (C=O) groups excluding carboxylic acids is 2. The first-order valence-electron chi connectivity index (χ1n) is 6.16. The van der Waals surface area contributed by atoms with E-state index in [4.69, 9.17) is 4.74 Å². The van der Waals surface area contributed by atoms with Gasteiger partial charge in [0.05, 0.1) is 12.5 Å². The van der Waals surface area contributed by atoms with Gasteiger partial charge in [-0.05, 0) is 33.2 Å². The molecular weight excluding hydrogens is 220 g/mol. The van der Waals surface area contributed by atoms with Crippen molar-refractivity contribution in [2.75, 3.05) is 20.3 Å². The maximum Gasteiger partial charge on any atom is 0.247 e. The zero-order valence-corrected chi connectivity index (χ0v) is 10.9. The zero-order valence-electron chi connectivity index (χ0n) is 10.9. The first kappa shape index (κ1) is 14.1. The number of unbranched alkanes of at least 4 members (excludes halogenated alkanes) is 1. The summed E-state index contributed by atoms with van der Waals surface area (Å²) in [5.41, 5.74) is 0. The van der Waals surface area contributed by atoms with E-state index < -0.39 is 0 Å². The van der Waals surface area contributed by atoms with Crippen LogP contribution in [0.25, 0.3) is 0 Å². The fraction of sp³-hybridized carbons (Fsp3) is 0.833. The molecule has 1 N–H and O–H groups in total. The molecule has 0 saturated carbocycles. The Morgan fingerprint density at radius 2 is 2.12 bits per heavy atom. The molecule has 0 spiro atoms. The third-order valence-electron chi connectivity index (χ3n) is 2.87. The van der Waals surface area contributed by atoms with Crippen LogP contribution in [0.15, 0.2) is 0 Å². The lowest BCUT2D eigenvalue weighted by Crippen LogP contribution is -2.42. The molecule has 1 rings (SSSR count). The van der Waals surface area contributed by atoms with Crippen molar-refractivity contribution in [3.8, 4) is 0 Å². The second-order valence-corrected chi connectivity index (χ2v) is 4.61. The Kier molecular flexibility index (Phi) is 5.58. The molecule has 1 saturated heterocycles. The highest BCUT2D eigenvalue weighted by Gasteiger charge is 2.39. The number of nitrogens with zero attached hydrogens (tertiary/aromatic N) is 1. The highest BCUT2D eigenvalue weighted by molar-refractivity contribution is 6.05. The average molecular weight is 242 g/mol. The van der Waals surface area contributed by atoms with E-state index in [1.165, 1.54) is 4.90 Å². The number of ether oxygens (including phenoxy) is 1. The van der Waals surface area contributed by atoms with Crippen LogP contribution in [0, 0.1) is 0 Å². The van der Waals surface area contributed by atoms with Crippen LogP contribution in [0.2, 0.25) is 0 Å². The summed E-state index contributed by atoms with van der Waals surface area (Å²) in [5, 5.41) is 3.14. The number of rotatable bonds is 7. The molecule has 1 unspecified atom stereocenters. The van der Waals surface area contributed by atoms with E-state index in [2.05, 4.69) is 5.32 Å². The molecule has 1 heterocycles. The van der Waals surface area contributed by atoms with E-state index in [0.29, 0.717) is 6.42 Å². The summed E-state index contributed by atoms with van der Waals surface area (Å²) in [7, 11) is 1.67. The second kappa shape index (κ2) is 6.71. The summed E-state index contributed by atoms with van der Waals surface area (Å²) in [4.78, 5) is 24.9. The fourth-order valence-electron chi connectivity index (χ4n) is 2.00. The first-order chi connectivity index (χ1) is 8.07. The van der Waals surface area contributed by atoms with Crippen molar-refractivity contribution in [2.45, 2.75) is 45.2 Å². The van der Waals surface area contributed by atoms with E-state index in [9.17, 15) is 9.59 Å². The SMILES string of the molecule is COCCCCNC1CC(=O)N(C(C)C)C1=O. The third-order valence-corrected chi connectivity index (χ3v) is 2.87. The van der Waals surface area contributed by atoms with Crippen molar-refractivity contribution in [2.24, 2.45) is 0 Å². The van der Waals surface area contributed by atoms with Crippen LogP contribution in [0.5, 0.6) is 0 Å². The van der Waals surface area contributed by atoms with Crippen LogP contribution in [-0.2, 0) is 14.3 Å². The first-order valence-corrected chi connectivity index (χ1v) is 6.16. The highest BCUT2D eigenvalue weighted by atomic mass is 16.5. The number of amides is 2. The Hall–Kier alpha value is -0.940. The molecule has 1 aliphatic heterocycles. The molecule has 17 heavy (non-hydrogen) atoms. The Bertz CT molecular complexity index is 279. The van der Waals surface area contributed by atoms with Gasteiger partial charge in [-0.1, -0.05) is 0 Å². The minimum absolute atomic E-state index is 0.0460. The van der Waals surface area contributed by atoms with Crippen LogP contribution in [0.1, 0.15) is 33.1 Å². The van der Waals surface area contributed by atoms with E-state index in [1.807, 2.05) is 13.8 Å². The van der Waals surface area contributed by atoms with Crippen molar-refractivity contribution in [1.82, 2.24) is 10.2 Å². The third kappa shape index (κ3) is 3.78. The molecule has 5 nitrogen and oxygen atoms in total. The predicted molar refractivity (Wildman–Crippen MR) is 64.5 cm³/mol. The summed E-state index contributed by atoms with van der Waals surface area (Å²) in [6, 6.07) is -0.372. The molecule has 0 bridgehead atoms. The van der Waals surface area contributed by atoms with Crippen molar-refractivity contribution in [3.63, 3.8) is 0 Å². The lowest BCUT2D eigenvalue weighted by atomic mass is 10.2. The van der Waals surface area contributed by atoms with Crippen LogP contribution in [0.3, 0.4) is 0 Å². The second-order valence-electron chi connectivity index (χ2n) is 4.61. The molecule has 1 atom stereocenters. The summed E-state index contributed by atoms with van der Waals surface area (Å²) in [5.74, 6) is -0.156. The molecule has 1 fully saturated rings. The van der Waals surface area contributed by atoms with E-state index in [1.54, 1.807) is 7.11 Å². The highest BCUT2D eigenvalue weighted by Crippen LogP contribution is 2.15. The van der Waals surface area contributed by atoms with Gasteiger partial charge in [-0.2, -0.15) is 0 Å². The van der Waals surface area contributed by atoms with Gasteiger partial charge in [0.25, 0.3) is 0 Å². The largest absolute Gasteiger partial charge is 0.385 e. The molecule has 0 radical (unpaired) electrons. The number of likely N-dealkylation sites (tertiary alicyclic amines) is 1. The van der Waals surface area contributed by atoms with Gasteiger partial charge in [0.1, 0.15) is 0 Å². The van der Waals surface area contributed by atoms with Gasteiger partial charge < -0.3 is 10.1 Å². The van der Waals surface area contributed by atoms with Gasteiger partial charge in [-0.15, -0.1) is 0 Å². The van der Waals surface area contributed by atoms with Gasteiger partial charge in [-0.3, -0.25) is 14.5 Å². The lowest BCUT2D eigenvalue weighted by Gasteiger charge is -2.19. The maximum atomic E-state index is 11.9. The monoisotopic (exact) mass is 242 g/mol. The number of imide groups is 1. The maximum absolute atomic E-state index is 11.9. The lowest BCUT2D eigenvalue weighted by molar-refractivity contribution is -0.140. The average Bonchev–Trinajstić information content (AvgIpc) is 2.53. The minimum atomic E-state index is -0.326. The van der Waals surface area contributed by atoms with E-state index in [-0.39, 0.29) is 23.9 Å². The Balaban J connectivity index is 2.31. The number of carbonyl (C=O) groups is 2. The Morgan fingerprint density at radius 3 is 2.65 bits per heavy atom. The molecule has 2 amide bonds.